The zero-order valence-electron chi connectivity index (χ0n) is 14.4. The van der Waals surface area contributed by atoms with E-state index in [0.29, 0.717) is 0 Å². The van der Waals surface area contributed by atoms with Gasteiger partial charge in [-0.1, -0.05) is 60.7 Å². The van der Waals surface area contributed by atoms with Crippen LogP contribution in [0.4, 0.5) is 4.39 Å². The highest BCUT2D eigenvalue weighted by Crippen LogP contribution is 2.26. The molecule has 0 fully saturated rings. The van der Waals surface area contributed by atoms with Crippen LogP contribution in [-0.2, 0) is 18.0 Å². The zero-order chi connectivity index (χ0) is 19.1. The number of rotatable bonds is 6. The highest BCUT2D eigenvalue weighted by Gasteiger charge is 2.23. The minimum absolute atomic E-state index is 0.00593. The Kier molecular flexibility index (Phi) is 5.80. The van der Waals surface area contributed by atoms with Crippen LogP contribution in [0.3, 0.4) is 0 Å². The van der Waals surface area contributed by atoms with Crippen molar-refractivity contribution in [1.29, 1.82) is 5.26 Å². The average Bonchev–Trinajstić information content (AvgIpc) is 2.72. The number of nitrogens with zero attached hydrogens (tertiary/aromatic N) is 1. The maximum absolute atomic E-state index is 14.6. The lowest BCUT2D eigenvalue weighted by Gasteiger charge is -2.13. The number of carbonyl (C=O) groups is 1. The molecule has 0 aromatic heterocycles. The molecule has 0 heterocycles. The van der Waals surface area contributed by atoms with E-state index in [1.54, 1.807) is 18.2 Å². The fraction of sp³-hybridized carbons (Fsp3) is 0.0909. The lowest BCUT2D eigenvalue weighted by atomic mass is 10.1. The van der Waals surface area contributed by atoms with Crippen LogP contribution in [0.25, 0.3) is 0 Å². The number of halogens is 1. The van der Waals surface area contributed by atoms with E-state index in [1.807, 2.05) is 48.5 Å². The number of ether oxygens (including phenoxy) is 2. The summed E-state index contributed by atoms with van der Waals surface area (Å²) in [6.45, 7) is 0.152. The Morgan fingerprint density at radius 2 is 1.48 bits per heavy atom. The normalized spacial score (nSPS) is 10.1. The first kappa shape index (κ1) is 18.2. The molecule has 0 spiro atoms. The van der Waals surface area contributed by atoms with E-state index >= 15 is 0 Å². The van der Waals surface area contributed by atoms with Crippen LogP contribution in [0.1, 0.15) is 27.0 Å². The second-order valence-electron chi connectivity index (χ2n) is 5.75. The van der Waals surface area contributed by atoms with Crippen LogP contribution in [0.5, 0.6) is 5.75 Å². The summed E-state index contributed by atoms with van der Waals surface area (Å²) < 4.78 is 25.5. The predicted octanol–water partition coefficient (Wildman–Crippen LogP) is 4.63. The Hall–Kier alpha value is -3.65. The monoisotopic (exact) mass is 361 g/mol. The van der Waals surface area contributed by atoms with Crippen molar-refractivity contribution in [2.45, 2.75) is 13.2 Å². The van der Waals surface area contributed by atoms with E-state index in [4.69, 9.17) is 14.7 Å². The SMILES string of the molecule is N#Cc1ccc(OCc2ccccc2)c(C(=O)OCc2ccccc2)c1F. The van der Waals surface area contributed by atoms with E-state index in [9.17, 15) is 9.18 Å². The van der Waals surface area contributed by atoms with Crippen LogP contribution in [0, 0.1) is 17.1 Å². The van der Waals surface area contributed by atoms with Gasteiger partial charge in [-0.3, -0.25) is 0 Å². The molecule has 0 atom stereocenters. The van der Waals surface area contributed by atoms with Crippen LogP contribution in [0.15, 0.2) is 72.8 Å². The van der Waals surface area contributed by atoms with Crippen molar-refractivity contribution in [3.63, 3.8) is 0 Å². The number of nitriles is 1. The fourth-order valence-corrected chi connectivity index (χ4v) is 2.49. The number of hydrogen-bond acceptors (Lipinski definition) is 4. The van der Waals surface area contributed by atoms with Gasteiger partial charge >= 0.3 is 5.97 Å². The summed E-state index contributed by atoms with van der Waals surface area (Å²) in [5.74, 6) is -1.79. The molecule has 0 aliphatic carbocycles. The second-order valence-corrected chi connectivity index (χ2v) is 5.75. The first-order valence-corrected chi connectivity index (χ1v) is 8.29. The molecule has 0 saturated carbocycles. The van der Waals surface area contributed by atoms with E-state index in [1.165, 1.54) is 12.1 Å². The van der Waals surface area contributed by atoms with Crippen LogP contribution in [-0.4, -0.2) is 5.97 Å². The Morgan fingerprint density at radius 3 is 2.07 bits per heavy atom. The van der Waals surface area contributed by atoms with Gasteiger partial charge in [-0.05, 0) is 23.3 Å². The molecule has 5 heteroatoms. The van der Waals surface area contributed by atoms with Gasteiger partial charge in [0.25, 0.3) is 0 Å². The number of benzene rings is 3. The summed E-state index contributed by atoms with van der Waals surface area (Å²) in [7, 11) is 0. The molecule has 134 valence electrons. The molecule has 0 N–H and O–H groups in total. The van der Waals surface area contributed by atoms with E-state index in [-0.39, 0.29) is 30.1 Å². The van der Waals surface area contributed by atoms with Crippen molar-refractivity contribution in [3.05, 3.63) is 101 Å². The molecule has 27 heavy (non-hydrogen) atoms. The summed E-state index contributed by atoms with van der Waals surface area (Å²) in [5, 5.41) is 9.05. The first-order valence-electron chi connectivity index (χ1n) is 8.29. The summed E-state index contributed by atoms with van der Waals surface area (Å²) in [6.07, 6.45) is 0. The summed E-state index contributed by atoms with van der Waals surface area (Å²) in [5.41, 5.74) is 1.02. The highest BCUT2D eigenvalue weighted by molar-refractivity contribution is 5.93. The minimum atomic E-state index is -0.943. The van der Waals surface area contributed by atoms with E-state index < -0.39 is 11.8 Å². The molecular weight excluding hydrogens is 345 g/mol. The third-order valence-electron chi connectivity index (χ3n) is 3.88. The van der Waals surface area contributed by atoms with E-state index in [2.05, 4.69) is 0 Å². The van der Waals surface area contributed by atoms with Crippen molar-refractivity contribution in [1.82, 2.24) is 0 Å². The standard InChI is InChI=1S/C22H16FNO3/c23-21-18(13-24)11-12-19(26-14-16-7-3-1-4-8-16)20(21)22(25)27-15-17-9-5-2-6-10-17/h1-12H,14-15H2. The lowest BCUT2D eigenvalue weighted by molar-refractivity contribution is 0.0461. The number of hydrogen-bond donors (Lipinski definition) is 0. The van der Waals surface area contributed by atoms with Gasteiger partial charge in [0.1, 0.15) is 30.6 Å². The molecule has 0 aliphatic rings. The summed E-state index contributed by atoms with van der Waals surface area (Å²) in [4.78, 5) is 12.5. The van der Waals surface area contributed by atoms with Gasteiger partial charge in [0, 0.05) is 0 Å². The largest absolute Gasteiger partial charge is 0.488 e. The fourth-order valence-electron chi connectivity index (χ4n) is 2.49. The Balaban J connectivity index is 1.82. The first-order chi connectivity index (χ1) is 13.2. The van der Waals surface area contributed by atoms with Gasteiger partial charge < -0.3 is 9.47 Å². The quantitative estimate of drug-likeness (QED) is 0.601. The van der Waals surface area contributed by atoms with Crippen LogP contribution in [0.2, 0.25) is 0 Å². The minimum Gasteiger partial charge on any atom is -0.488 e. The highest BCUT2D eigenvalue weighted by atomic mass is 19.1. The molecule has 3 aromatic rings. The zero-order valence-corrected chi connectivity index (χ0v) is 14.4. The number of esters is 1. The van der Waals surface area contributed by atoms with Gasteiger partial charge in [-0.25, -0.2) is 9.18 Å². The third-order valence-corrected chi connectivity index (χ3v) is 3.88. The molecule has 0 unspecified atom stereocenters. The van der Waals surface area contributed by atoms with Crippen LogP contribution >= 0.6 is 0 Å². The molecule has 0 amide bonds. The molecule has 0 radical (unpaired) electrons. The molecular formula is C22H16FNO3. The molecule has 3 aromatic carbocycles. The smallest absolute Gasteiger partial charge is 0.345 e. The Bertz CT molecular complexity index is 966. The van der Waals surface area contributed by atoms with Gasteiger partial charge in [0.15, 0.2) is 5.82 Å². The number of carbonyl (C=O) groups excluding carboxylic acids is 1. The summed E-state index contributed by atoms with van der Waals surface area (Å²) >= 11 is 0. The van der Waals surface area contributed by atoms with Gasteiger partial charge in [0.2, 0.25) is 0 Å². The molecule has 0 bridgehead atoms. The summed E-state index contributed by atoms with van der Waals surface area (Å²) in [6, 6.07) is 22.8. The average molecular weight is 361 g/mol. The lowest BCUT2D eigenvalue weighted by Crippen LogP contribution is -2.12. The van der Waals surface area contributed by atoms with Crippen molar-refractivity contribution in [2.24, 2.45) is 0 Å². The van der Waals surface area contributed by atoms with Crippen molar-refractivity contribution in [2.75, 3.05) is 0 Å². The predicted molar refractivity (Wildman–Crippen MR) is 97.5 cm³/mol. The van der Waals surface area contributed by atoms with Gasteiger partial charge in [0.05, 0.1) is 5.56 Å². The third kappa shape index (κ3) is 4.50. The van der Waals surface area contributed by atoms with Crippen molar-refractivity contribution in [3.8, 4) is 11.8 Å². The maximum Gasteiger partial charge on any atom is 0.345 e. The second kappa shape index (κ2) is 8.63. The van der Waals surface area contributed by atoms with Gasteiger partial charge in [-0.15, -0.1) is 0 Å². The molecule has 0 aliphatic heterocycles. The van der Waals surface area contributed by atoms with E-state index in [0.717, 1.165) is 11.1 Å². The van der Waals surface area contributed by atoms with Crippen LogP contribution < -0.4 is 4.74 Å². The van der Waals surface area contributed by atoms with Crippen molar-refractivity contribution < 1.29 is 18.7 Å². The Morgan fingerprint density at radius 1 is 0.889 bits per heavy atom. The topological polar surface area (TPSA) is 59.3 Å². The molecule has 3 rings (SSSR count). The molecule has 0 saturated heterocycles. The maximum atomic E-state index is 14.6. The molecule has 4 nitrogen and oxygen atoms in total. The Labute approximate surface area is 156 Å². The van der Waals surface area contributed by atoms with Gasteiger partial charge in [-0.2, -0.15) is 5.26 Å². The van der Waals surface area contributed by atoms with Crippen molar-refractivity contribution >= 4 is 5.97 Å².